The number of benzene rings is 1. The van der Waals surface area contributed by atoms with Crippen LogP contribution >= 0.6 is 12.6 Å². The lowest BCUT2D eigenvalue weighted by Crippen LogP contribution is -2.05. The highest BCUT2D eigenvalue weighted by Crippen LogP contribution is 2.29. The second-order valence-corrected chi connectivity index (χ2v) is 3.47. The van der Waals surface area contributed by atoms with Crippen LogP contribution in [0, 0.1) is 0 Å². The van der Waals surface area contributed by atoms with Crippen molar-refractivity contribution < 1.29 is 13.2 Å². The van der Waals surface area contributed by atoms with Gasteiger partial charge >= 0.3 is 6.18 Å². The van der Waals surface area contributed by atoms with Gasteiger partial charge in [-0.15, -0.1) is 0 Å². The van der Waals surface area contributed by atoms with Crippen molar-refractivity contribution in [1.29, 1.82) is 0 Å². The first-order valence-electron chi connectivity index (χ1n) is 4.31. The summed E-state index contributed by atoms with van der Waals surface area (Å²) in [6, 6.07) is 5.43. The maximum Gasteiger partial charge on any atom is 0.416 e. The average Bonchev–Trinajstić information content (AvgIpc) is 2.14. The topological polar surface area (TPSA) is 0 Å². The molecule has 0 aromatic heterocycles. The summed E-state index contributed by atoms with van der Waals surface area (Å²) in [6.45, 7) is 0. The first-order chi connectivity index (χ1) is 6.54. The minimum Gasteiger partial charge on any atom is -0.179 e. The minimum absolute atomic E-state index is 0.575. The second-order valence-electron chi connectivity index (χ2n) is 3.03. The van der Waals surface area contributed by atoms with Crippen molar-refractivity contribution in [2.24, 2.45) is 0 Å². The molecule has 1 rings (SSSR count). The summed E-state index contributed by atoms with van der Waals surface area (Å²) in [5.74, 6) is 0.691. The normalized spacial score (nSPS) is 11.7. The molecule has 0 N–H and O–H groups in total. The van der Waals surface area contributed by atoms with Gasteiger partial charge in [-0.25, -0.2) is 0 Å². The molecule has 1 aromatic rings. The summed E-state index contributed by atoms with van der Waals surface area (Å²) in [6.07, 6.45) is -2.80. The third-order valence-electron chi connectivity index (χ3n) is 1.88. The molecule has 0 amide bonds. The quantitative estimate of drug-likeness (QED) is 0.740. The van der Waals surface area contributed by atoms with Crippen LogP contribution in [0.25, 0.3) is 0 Å². The van der Waals surface area contributed by atoms with E-state index in [1.165, 1.54) is 12.1 Å². The lowest BCUT2D eigenvalue weighted by atomic mass is 10.1. The van der Waals surface area contributed by atoms with E-state index in [2.05, 4.69) is 12.6 Å². The maximum atomic E-state index is 12.3. The number of hydrogen-bond acceptors (Lipinski definition) is 1. The number of halogens is 3. The van der Waals surface area contributed by atoms with Crippen molar-refractivity contribution >= 4 is 12.6 Å². The lowest BCUT2D eigenvalue weighted by Gasteiger charge is -2.08. The molecule has 0 aliphatic rings. The van der Waals surface area contributed by atoms with Gasteiger partial charge in [-0.2, -0.15) is 25.8 Å². The van der Waals surface area contributed by atoms with E-state index in [1.807, 2.05) is 0 Å². The van der Waals surface area contributed by atoms with Crippen LogP contribution in [-0.2, 0) is 12.6 Å². The molecule has 0 heterocycles. The van der Waals surface area contributed by atoms with E-state index in [1.54, 1.807) is 6.07 Å². The van der Waals surface area contributed by atoms with Gasteiger partial charge in [-0.3, -0.25) is 0 Å². The predicted octanol–water partition coefficient (Wildman–Crippen LogP) is 3.57. The molecule has 0 aliphatic carbocycles. The fraction of sp³-hybridized carbons (Fsp3) is 0.400. The van der Waals surface area contributed by atoms with Crippen LogP contribution in [0.2, 0.25) is 0 Å². The predicted molar refractivity (Wildman–Crippen MR) is 53.6 cm³/mol. The zero-order valence-electron chi connectivity index (χ0n) is 7.51. The highest BCUT2D eigenvalue weighted by atomic mass is 32.1. The molecular weight excluding hydrogens is 209 g/mol. The van der Waals surface area contributed by atoms with E-state index in [0.29, 0.717) is 17.7 Å². The first kappa shape index (κ1) is 11.4. The van der Waals surface area contributed by atoms with Crippen LogP contribution in [0.1, 0.15) is 17.5 Å². The van der Waals surface area contributed by atoms with Crippen molar-refractivity contribution in [2.75, 3.05) is 5.75 Å². The summed E-state index contributed by atoms with van der Waals surface area (Å²) in [7, 11) is 0. The van der Waals surface area contributed by atoms with Crippen molar-refractivity contribution in [3.05, 3.63) is 35.4 Å². The van der Waals surface area contributed by atoms with Crippen LogP contribution in [0.5, 0.6) is 0 Å². The summed E-state index contributed by atoms with van der Waals surface area (Å²) in [5.41, 5.74) is 0.142. The van der Waals surface area contributed by atoms with Gasteiger partial charge in [0.15, 0.2) is 0 Å². The Hall–Kier alpha value is -0.640. The summed E-state index contributed by atoms with van der Waals surface area (Å²) in [5, 5.41) is 0. The summed E-state index contributed by atoms with van der Waals surface area (Å²) >= 11 is 4.01. The molecule has 0 spiro atoms. The van der Waals surface area contributed by atoms with Gasteiger partial charge in [0.1, 0.15) is 0 Å². The Morgan fingerprint density at radius 1 is 1.21 bits per heavy atom. The monoisotopic (exact) mass is 220 g/mol. The van der Waals surface area contributed by atoms with Gasteiger partial charge in [-0.1, -0.05) is 18.2 Å². The molecule has 0 atom stereocenters. The third kappa shape index (κ3) is 3.25. The zero-order valence-corrected chi connectivity index (χ0v) is 8.41. The molecule has 4 heteroatoms. The van der Waals surface area contributed by atoms with Gasteiger partial charge in [0, 0.05) is 0 Å². The van der Waals surface area contributed by atoms with E-state index in [0.717, 1.165) is 12.5 Å². The van der Waals surface area contributed by atoms with Crippen molar-refractivity contribution in [3.8, 4) is 0 Å². The molecule has 0 saturated heterocycles. The van der Waals surface area contributed by atoms with E-state index in [4.69, 9.17) is 0 Å². The second kappa shape index (κ2) is 4.73. The third-order valence-corrected chi connectivity index (χ3v) is 2.19. The maximum absolute atomic E-state index is 12.3. The molecule has 1 aromatic carbocycles. The molecule has 78 valence electrons. The molecule has 0 fully saturated rings. The Labute approximate surface area is 86.5 Å². The van der Waals surface area contributed by atoms with Gasteiger partial charge in [0.05, 0.1) is 5.56 Å². The Morgan fingerprint density at radius 2 is 1.93 bits per heavy atom. The average molecular weight is 220 g/mol. The first-order valence-corrected chi connectivity index (χ1v) is 4.94. The van der Waals surface area contributed by atoms with Crippen molar-refractivity contribution in [2.45, 2.75) is 19.0 Å². The van der Waals surface area contributed by atoms with Crippen molar-refractivity contribution in [1.82, 2.24) is 0 Å². The Kier molecular flexibility index (Phi) is 3.86. The number of thiol groups is 1. The smallest absolute Gasteiger partial charge is 0.179 e. The van der Waals surface area contributed by atoms with Crippen LogP contribution in [0.3, 0.4) is 0 Å². The largest absolute Gasteiger partial charge is 0.416 e. The van der Waals surface area contributed by atoms with Gasteiger partial charge in [0.25, 0.3) is 0 Å². The Balaban J connectivity index is 2.79. The molecular formula is C10H11F3S. The number of aryl methyl sites for hydroxylation is 1. The fourth-order valence-electron chi connectivity index (χ4n) is 1.19. The molecule has 0 bridgehead atoms. The number of hydrogen-bond donors (Lipinski definition) is 1. The molecule has 0 radical (unpaired) electrons. The van der Waals surface area contributed by atoms with E-state index < -0.39 is 11.7 Å². The highest BCUT2D eigenvalue weighted by molar-refractivity contribution is 7.80. The molecule has 0 nitrogen and oxygen atoms in total. The molecule has 0 aliphatic heterocycles. The number of rotatable bonds is 3. The fourth-order valence-corrected chi connectivity index (χ4v) is 1.34. The Morgan fingerprint density at radius 3 is 2.50 bits per heavy atom. The van der Waals surface area contributed by atoms with Gasteiger partial charge < -0.3 is 0 Å². The zero-order chi connectivity index (χ0) is 10.6. The SMILES string of the molecule is FC(F)(F)c1cccc(CCCS)c1. The van der Waals surface area contributed by atoms with E-state index >= 15 is 0 Å². The summed E-state index contributed by atoms with van der Waals surface area (Å²) in [4.78, 5) is 0. The molecule has 0 unspecified atom stereocenters. The van der Waals surface area contributed by atoms with E-state index in [-0.39, 0.29) is 0 Å². The van der Waals surface area contributed by atoms with Crippen LogP contribution in [0.4, 0.5) is 13.2 Å². The Bertz CT molecular complexity index is 294. The van der Waals surface area contributed by atoms with Crippen LogP contribution in [0.15, 0.2) is 24.3 Å². The number of alkyl halides is 3. The summed E-state index contributed by atoms with van der Waals surface area (Å²) < 4.78 is 36.8. The van der Waals surface area contributed by atoms with Crippen LogP contribution in [-0.4, -0.2) is 5.75 Å². The van der Waals surface area contributed by atoms with E-state index in [9.17, 15) is 13.2 Å². The molecule has 14 heavy (non-hydrogen) atoms. The molecule has 0 saturated carbocycles. The minimum atomic E-state index is -4.24. The van der Waals surface area contributed by atoms with Gasteiger partial charge in [0.2, 0.25) is 0 Å². The van der Waals surface area contributed by atoms with Crippen LogP contribution < -0.4 is 0 Å². The van der Waals surface area contributed by atoms with Crippen molar-refractivity contribution in [3.63, 3.8) is 0 Å². The van der Waals surface area contributed by atoms with Gasteiger partial charge in [-0.05, 0) is 30.2 Å². The lowest BCUT2D eigenvalue weighted by molar-refractivity contribution is -0.137. The highest BCUT2D eigenvalue weighted by Gasteiger charge is 2.30. The standard InChI is InChI=1S/C10H11F3S/c11-10(12,13)9-5-1-3-8(7-9)4-2-6-14/h1,3,5,7,14H,2,4,6H2.